The number of hydrogen-bond donors (Lipinski definition) is 3. The molecule has 0 saturated heterocycles. The highest BCUT2D eigenvalue weighted by Crippen LogP contribution is 2.28. The lowest BCUT2D eigenvalue weighted by molar-refractivity contribution is -0.142. The summed E-state index contributed by atoms with van der Waals surface area (Å²) < 4.78 is 0. The first kappa shape index (κ1) is 23.3. The number of carboxylic acid groups (broad SMARTS) is 1. The Morgan fingerprint density at radius 2 is 2.00 bits per heavy atom. The fourth-order valence-electron chi connectivity index (χ4n) is 2.52. The first-order chi connectivity index (χ1) is 12.8. The van der Waals surface area contributed by atoms with E-state index in [4.69, 9.17) is 10.8 Å². The van der Waals surface area contributed by atoms with E-state index < -0.39 is 29.6 Å². The van der Waals surface area contributed by atoms with E-state index in [1.54, 1.807) is 23.9 Å². The number of carboxylic acids is 1. The molecule has 9 heteroatoms. The zero-order valence-corrected chi connectivity index (χ0v) is 17.2. The fraction of sp³-hybridized carbons (Fsp3) is 0.556. The summed E-state index contributed by atoms with van der Waals surface area (Å²) in [6.45, 7) is 3.85. The van der Waals surface area contributed by atoms with Crippen LogP contribution in [0.1, 0.15) is 33.1 Å². The average Bonchev–Trinajstić information content (AvgIpc) is 2.64. The molecule has 0 aliphatic carbocycles. The third-order valence-electron chi connectivity index (χ3n) is 4.16. The Morgan fingerprint density at radius 3 is 2.56 bits per heavy atom. The summed E-state index contributed by atoms with van der Waals surface area (Å²) in [6.07, 6.45) is 2.70. The van der Waals surface area contributed by atoms with E-state index in [1.807, 2.05) is 25.1 Å². The van der Waals surface area contributed by atoms with Gasteiger partial charge in [0.2, 0.25) is 11.8 Å². The molecule has 1 heterocycles. The van der Waals surface area contributed by atoms with Crippen LogP contribution in [0.2, 0.25) is 0 Å². The molecule has 3 atom stereocenters. The van der Waals surface area contributed by atoms with Gasteiger partial charge in [0.25, 0.3) is 0 Å². The van der Waals surface area contributed by atoms with Crippen molar-refractivity contribution in [1.29, 1.82) is 0 Å². The van der Waals surface area contributed by atoms with Crippen molar-refractivity contribution in [2.75, 3.05) is 12.3 Å². The third-order valence-corrected chi connectivity index (χ3v) is 6.43. The van der Waals surface area contributed by atoms with Gasteiger partial charge in [0.05, 0.1) is 5.92 Å². The molecule has 4 N–H and O–H groups in total. The summed E-state index contributed by atoms with van der Waals surface area (Å²) in [4.78, 5) is 39.4. The number of nitrogens with two attached hydrogens (primary N) is 1. The molecule has 150 valence electrons. The Morgan fingerprint density at radius 1 is 1.26 bits per heavy atom. The third kappa shape index (κ3) is 9.14. The molecule has 0 aliphatic rings. The second-order valence-electron chi connectivity index (χ2n) is 6.28. The van der Waals surface area contributed by atoms with Gasteiger partial charge in [-0.05, 0) is 42.2 Å². The smallest absolute Gasteiger partial charge is 0.306 e. The number of nitrogens with one attached hydrogen (secondary N) is 1. The van der Waals surface area contributed by atoms with Crippen molar-refractivity contribution in [3.8, 4) is 0 Å². The van der Waals surface area contributed by atoms with Gasteiger partial charge < -0.3 is 16.2 Å². The van der Waals surface area contributed by atoms with Crippen molar-refractivity contribution in [2.24, 2.45) is 23.5 Å². The zero-order valence-electron chi connectivity index (χ0n) is 15.6. The predicted molar refractivity (Wildman–Crippen MR) is 108 cm³/mol. The second-order valence-corrected chi connectivity index (χ2v) is 8.72. The molecule has 3 unspecified atom stereocenters. The van der Waals surface area contributed by atoms with Crippen LogP contribution in [0.25, 0.3) is 0 Å². The number of primary amides is 1. The van der Waals surface area contributed by atoms with Crippen molar-refractivity contribution < 1.29 is 19.5 Å². The number of nitrogens with zero attached hydrogens (tertiary/aromatic N) is 1. The zero-order chi connectivity index (χ0) is 20.2. The highest BCUT2D eigenvalue weighted by molar-refractivity contribution is 8.76. The van der Waals surface area contributed by atoms with Gasteiger partial charge in [0, 0.05) is 30.3 Å². The van der Waals surface area contributed by atoms with E-state index in [9.17, 15) is 14.4 Å². The Labute approximate surface area is 167 Å². The number of hydrogen-bond acceptors (Lipinski definition) is 6. The monoisotopic (exact) mass is 413 g/mol. The Balaban J connectivity index is 2.50. The molecule has 0 saturated carbocycles. The topological polar surface area (TPSA) is 122 Å². The molecule has 0 aromatic carbocycles. The minimum Gasteiger partial charge on any atom is -0.481 e. The normalized spacial score (nSPS) is 14.1. The van der Waals surface area contributed by atoms with Gasteiger partial charge in [-0.3, -0.25) is 14.4 Å². The van der Waals surface area contributed by atoms with Crippen LogP contribution >= 0.6 is 21.6 Å². The van der Waals surface area contributed by atoms with Gasteiger partial charge in [-0.15, -0.1) is 0 Å². The van der Waals surface area contributed by atoms with Gasteiger partial charge in [0.1, 0.15) is 5.03 Å². The molecular weight excluding hydrogens is 386 g/mol. The Bertz CT molecular complexity index is 616. The van der Waals surface area contributed by atoms with Gasteiger partial charge in [-0.25, -0.2) is 4.98 Å². The first-order valence-corrected chi connectivity index (χ1v) is 11.2. The van der Waals surface area contributed by atoms with Crippen molar-refractivity contribution in [3.63, 3.8) is 0 Å². The molecule has 0 spiro atoms. The minimum absolute atomic E-state index is 0.181. The number of rotatable bonds is 13. The van der Waals surface area contributed by atoms with Gasteiger partial charge in [-0.2, -0.15) is 0 Å². The molecule has 1 aromatic heterocycles. The summed E-state index contributed by atoms with van der Waals surface area (Å²) in [5, 5.41) is 12.9. The Hall–Kier alpha value is -1.74. The average molecular weight is 414 g/mol. The van der Waals surface area contributed by atoms with Crippen LogP contribution in [0.3, 0.4) is 0 Å². The molecule has 0 aliphatic heterocycles. The van der Waals surface area contributed by atoms with Crippen molar-refractivity contribution in [1.82, 2.24) is 10.3 Å². The number of carbonyl (C=O) groups excluding carboxylic acids is 2. The molecule has 0 fully saturated rings. The van der Waals surface area contributed by atoms with E-state index in [2.05, 4.69) is 10.3 Å². The van der Waals surface area contributed by atoms with Crippen LogP contribution in [-0.2, 0) is 14.4 Å². The van der Waals surface area contributed by atoms with Crippen molar-refractivity contribution in [3.05, 3.63) is 24.4 Å². The fourth-order valence-corrected chi connectivity index (χ4v) is 4.31. The molecule has 0 radical (unpaired) electrons. The van der Waals surface area contributed by atoms with E-state index in [0.29, 0.717) is 18.7 Å². The molecule has 7 nitrogen and oxygen atoms in total. The molecule has 1 rings (SSSR count). The van der Waals surface area contributed by atoms with Crippen molar-refractivity contribution in [2.45, 2.75) is 38.1 Å². The van der Waals surface area contributed by atoms with E-state index in [0.717, 1.165) is 5.03 Å². The van der Waals surface area contributed by atoms with E-state index >= 15 is 0 Å². The highest BCUT2D eigenvalue weighted by Gasteiger charge is 2.28. The number of pyridine rings is 1. The van der Waals surface area contributed by atoms with E-state index in [-0.39, 0.29) is 18.7 Å². The SMILES string of the molecule is CCC(CC(CC(C)C(=O)O)C(=O)NCCSSc1ccccn1)C(N)=O. The standard InChI is InChI=1S/C18H27N3O4S2/c1-3-13(16(19)22)11-14(10-12(2)18(24)25)17(23)21-8-9-26-27-15-6-4-5-7-20-15/h4-7,12-14H,3,8-11H2,1-2H3,(H2,19,22)(H,21,23)(H,24,25). The van der Waals surface area contributed by atoms with E-state index in [1.165, 1.54) is 10.8 Å². The lowest BCUT2D eigenvalue weighted by Gasteiger charge is -2.22. The number of aromatic nitrogens is 1. The highest BCUT2D eigenvalue weighted by atomic mass is 33.1. The molecule has 1 aromatic rings. The predicted octanol–water partition coefficient (Wildman–Crippen LogP) is 2.57. The minimum atomic E-state index is -0.956. The Kier molecular flexibility index (Phi) is 10.9. The van der Waals surface area contributed by atoms with Gasteiger partial charge in [-0.1, -0.05) is 30.7 Å². The van der Waals surface area contributed by atoms with Crippen LogP contribution in [-0.4, -0.2) is 40.2 Å². The molecule has 0 bridgehead atoms. The summed E-state index contributed by atoms with van der Waals surface area (Å²) >= 11 is 0. The summed E-state index contributed by atoms with van der Waals surface area (Å²) in [6, 6.07) is 5.67. The number of aliphatic carboxylic acids is 1. The van der Waals surface area contributed by atoms with Crippen molar-refractivity contribution >= 4 is 39.4 Å². The maximum absolute atomic E-state index is 12.5. The summed E-state index contributed by atoms with van der Waals surface area (Å²) in [7, 11) is 3.10. The van der Waals surface area contributed by atoms with Crippen LogP contribution in [0.5, 0.6) is 0 Å². The molecular formula is C18H27N3O4S2. The molecule has 2 amide bonds. The van der Waals surface area contributed by atoms with Gasteiger partial charge in [0.15, 0.2) is 0 Å². The number of carbonyl (C=O) groups is 3. The van der Waals surface area contributed by atoms with Gasteiger partial charge >= 0.3 is 5.97 Å². The summed E-state index contributed by atoms with van der Waals surface area (Å²) in [5.74, 6) is -2.62. The lowest BCUT2D eigenvalue weighted by Crippen LogP contribution is -2.37. The maximum atomic E-state index is 12.5. The first-order valence-electron chi connectivity index (χ1n) is 8.85. The number of amides is 2. The van der Waals surface area contributed by atoms with Crippen LogP contribution in [0.15, 0.2) is 29.4 Å². The second kappa shape index (κ2) is 12.6. The largest absolute Gasteiger partial charge is 0.481 e. The summed E-state index contributed by atoms with van der Waals surface area (Å²) in [5.41, 5.74) is 5.38. The lowest BCUT2D eigenvalue weighted by atomic mass is 9.85. The molecule has 27 heavy (non-hydrogen) atoms. The van der Waals surface area contributed by atoms with Crippen LogP contribution in [0.4, 0.5) is 0 Å². The van der Waals surface area contributed by atoms with Crippen LogP contribution in [0, 0.1) is 17.8 Å². The maximum Gasteiger partial charge on any atom is 0.306 e. The van der Waals surface area contributed by atoms with Crippen LogP contribution < -0.4 is 11.1 Å². The quantitative estimate of drug-likeness (QED) is 0.335.